The van der Waals surface area contributed by atoms with Crippen molar-refractivity contribution in [2.24, 2.45) is 5.73 Å². The molecule has 1 rings (SSSR count). The highest BCUT2D eigenvalue weighted by atomic mass is 19.1. The Labute approximate surface area is 107 Å². The van der Waals surface area contributed by atoms with E-state index in [1.54, 1.807) is 20.2 Å². The summed E-state index contributed by atoms with van der Waals surface area (Å²) >= 11 is 0. The molecule has 18 heavy (non-hydrogen) atoms. The van der Waals surface area contributed by atoms with Crippen molar-refractivity contribution in [1.29, 1.82) is 0 Å². The molecule has 0 spiro atoms. The maximum atomic E-state index is 13.6. The van der Waals surface area contributed by atoms with Crippen LogP contribution in [0.1, 0.15) is 15.9 Å². The highest BCUT2D eigenvalue weighted by molar-refractivity contribution is 5.94. The number of carbonyl (C=O) groups excluding carboxylic acids is 1. The Hall–Kier alpha value is -1.46. The zero-order valence-corrected chi connectivity index (χ0v) is 10.9. The number of rotatable bonds is 5. The quantitative estimate of drug-likeness (QED) is 0.858. The molecule has 5 heteroatoms. The molecule has 1 atom stereocenters. The summed E-state index contributed by atoms with van der Waals surface area (Å²) < 4.78 is 18.5. The van der Waals surface area contributed by atoms with Crippen molar-refractivity contribution in [2.75, 3.05) is 27.3 Å². The van der Waals surface area contributed by atoms with Crippen LogP contribution in [-0.2, 0) is 4.74 Å². The van der Waals surface area contributed by atoms with Crippen molar-refractivity contribution >= 4 is 5.91 Å². The Morgan fingerprint density at radius 3 is 2.83 bits per heavy atom. The lowest BCUT2D eigenvalue weighted by molar-refractivity contribution is 0.0760. The number of hydrogen-bond acceptors (Lipinski definition) is 3. The predicted molar refractivity (Wildman–Crippen MR) is 67.9 cm³/mol. The minimum atomic E-state index is -0.516. The summed E-state index contributed by atoms with van der Waals surface area (Å²) in [4.78, 5) is 13.5. The van der Waals surface area contributed by atoms with Gasteiger partial charge in [0, 0.05) is 26.7 Å². The smallest absolute Gasteiger partial charge is 0.256 e. The summed E-state index contributed by atoms with van der Waals surface area (Å²) in [5.41, 5.74) is 6.67. The third kappa shape index (κ3) is 3.78. The fraction of sp³-hybridized carbons (Fsp3) is 0.462. The molecular weight excluding hydrogens is 235 g/mol. The van der Waals surface area contributed by atoms with Gasteiger partial charge in [-0.25, -0.2) is 4.39 Å². The molecule has 0 aliphatic carbocycles. The summed E-state index contributed by atoms with van der Waals surface area (Å²) in [6, 6.07) is 4.18. The molecule has 0 aromatic heterocycles. The van der Waals surface area contributed by atoms with Crippen molar-refractivity contribution in [2.45, 2.75) is 13.0 Å². The Morgan fingerprint density at radius 2 is 2.22 bits per heavy atom. The highest BCUT2D eigenvalue weighted by Crippen LogP contribution is 2.12. The van der Waals surface area contributed by atoms with Gasteiger partial charge in [0.05, 0.1) is 12.2 Å². The third-order valence-corrected chi connectivity index (χ3v) is 2.59. The van der Waals surface area contributed by atoms with Crippen LogP contribution in [0.15, 0.2) is 18.2 Å². The first-order valence-corrected chi connectivity index (χ1v) is 5.71. The second-order valence-corrected chi connectivity index (χ2v) is 4.38. The van der Waals surface area contributed by atoms with E-state index in [4.69, 9.17) is 10.5 Å². The Morgan fingerprint density at radius 1 is 1.56 bits per heavy atom. The molecule has 0 heterocycles. The Kier molecular flexibility index (Phi) is 5.25. The molecule has 1 aromatic rings. The molecule has 0 aliphatic rings. The predicted octanol–water partition coefficient (Wildman–Crippen LogP) is 1.18. The number of likely N-dealkylation sites (N-methyl/N-ethyl adjacent to an activating group) is 1. The minimum absolute atomic E-state index is 0.0714. The minimum Gasteiger partial charge on any atom is -0.383 e. The molecule has 2 N–H and O–H groups in total. The molecule has 4 nitrogen and oxygen atoms in total. The van der Waals surface area contributed by atoms with E-state index in [0.717, 1.165) is 5.56 Å². The summed E-state index contributed by atoms with van der Waals surface area (Å²) in [6.45, 7) is 2.49. The number of carbonyl (C=O) groups is 1. The maximum Gasteiger partial charge on any atom is 0.256 e. The van der Waals surface area contributed by atoms with Crippen LogP contribution in [0.25, 0.3) is 0 Å². The van der Waals surface area contributed by atoms with Gasteiger partial charge >= 0.3 is 0 Å². The van der Waals surface area contributed by atoms with E-state index in [2.05, 4.69) is 0 Å². The van der Waals surface area contributed by atoms with E-state index in [-0.39, 0.29) is 17.5 Å². The molecule has 1 aromatic carbocycles. The van der Waals surface area contributed by atoms with Crippen LogP contribution in [0.2, 0.25) is 0 Å². The molecule has 0 bridgehead atoms. The lowest BCUT2D eigenvalue weighted by Crippen LogP contribution is -2.41. The SMILES string of the molecule is COCC(N)CN(C)C(=O)c1cc(C)ccc1F. The number of nitrogens with two attached hydrogens (primary N) is 1. The number of amides is 1. The van der Waals surface area contributed by atoms with Crippen molar-refractivity contribution in [3.05, 3.63) is 35.1 Å². The standard InChI is InChI=1S/C13H19FN2O2/c1-9-4-5-12(14)11(6-9)13(17)16(2)7-10(15)8-18-3/h4-6,10H,7-8,15H2,1-3H3. The molecule has 0 radical (unpaired) electrons. The van der Waals surface area contributed by atoms with Crippen LogP contribution in [-0.4, -0.2) is 44.2 Å². The molecule has 0 saturated heterocycles. The van der Waals surface area contributed by atoms with Gasteiger partial charge in [-0.2, -0.15) is 0 Å². The van der Waals surface area contributed by atoms with Gasteiger partial charge in [0.15, 0.2) is 0 Å². The van der Waals surface area contributed by atoms with Gasteiger partial charge in [-0.05, 0) is 19.1 Å². The number of nitrogens with zero attached hydrogens (tertiary/aromatic N) is 1. The van der Waals surface area contributed by atoms with Crippen LogP contribution in [0.4, 0.5) is 4.39 Å². The summed E-state index contributed by atoms with van der Waals surface area (Å²) in [5, 5.41) is 0. The summed E-state index contributed by atoms with van der Waals surface area (Å²) in [6.07, 6.45) is 0. The first-order chi connectivity index (χ1) is 8.45. The summed E-state index contributed by atoms with van der Waals surface area (Å²) in [7, 11) is 3.14. The van der Waals surface area contributed by atoms with Crippen molar-refractivity contribution < 1.29 is 13.9 Å². The fourth-order valence-corrected chi connectivity index (χ4v) is 1.71. The highest BCUT2D eigenvalue weighted by Gasteiger charge is 2.18. The lowest BCUT2D eigenvalue weighted by Gasteiger charge is -2.21. The zero-order valence-electron chi connectivity index (χ0n) is 10.9. The number of aryl methyl sites for hydroxylation is 1. The normalized spacial score (nSPS) is 12.3. The Balaban J connectivity index is 2.77. The van der Waals surface area contributed by atoms with Crippen LogP contribution < -0.4 is 5.73 Å². The number of benzene rings is 1. The van der Waals surface area contributed by atoms with Crippen LogP contribution >= 0.6 is 0 Å². The van der Waals surface area contributed by atoms with Crippen molar-refractivity contribution in [1.82, 2.24) is 4.90 Å². The van der Waals surface area contributed by atoms with Crippen LogP contribution in [0.3, 0.4) is 0 Å². The first kappa shape index (κ1) is 14.6. The average molecular weight is 254 g/mol. The van der Waals surface area contributed by atoms with Gasteiger partial charge in [-0.1, -0.05) is 11.6 Å². The van der Waals surface area contributed by atoms with E-state index in [1.165, 1.54) is 17.0 Å². The fourth-order valence-electron chi connectivity index (χ4n) is 1.71. The monoisotopic (exact) mass is 254 g/mol. The molecule has 100 valence electrons. The van der Waals surface area contributed by atoms with E-state index in [1.807, 2.05) is 6.92 Å². The Bertz CT molecular complexity index is 423. The maximum absolute atomic E-state index is 13.6. The van der Waals surface area contributed by atoms with Gasteiger partial charge in [-0.15, -0.1) is 0 Å². The number of hydrogen-bond donors (Lipinski definition) is 1. The van der Waals surface area contributed by atoms with Crippen LogP contribution in [0.5, 0.6) is 0 Å². The van der Waals surface area contributed by atoms with E-state index < -0.39 is 5.82 Å². The van der Waals surface area contributed by atoms with Crippen molar-refractivity contribution in [3.8, 4) is 0 Å². The van der Waals surface area contributed by atoms with Gasteiger partial charge in [0.25, 0.3) is 5.91 Å². The van der Waals surface area contributed by atoms with Crippen LogP contribution in [0, 0.1) is 12.7 Å². The molecular formula is C13H19FN2O2. The largest absolute Gasteiger partial charge is 0.383 e. The van der Waals surface area contributed by atoms with E-state index in [9.17, 15) is 9.18 Å². The number of halogens is 1. The van der Waals surface area contributed by atoms with Gasteiger partial charge in [0.2, 0.25) is 0 Å². The topological polar surface area (TPSA) is 55.6 Å². The molecule has 1 amide bonds. The third-order valence-electron chi connectivity index (χ3n) is 2.59. The van der Waals surface area contributed by atoms with Crippen molar-refractivity contribution in [3.63, 3.8) is 0 Å². The lowest BCUT2D eigenvalue weighted by atomic mass is 10.1. The zero-order chi connectivity index (χ0) is 13.7. The molecule has 0 aliphatic heterocycles. The van der Waals surface area contributed by atoms with Gasteiger partial charge in [0.1, 0.15) is 5.82 Å². The number of methoxy groups -OCH3 is 1. The molecule has 0 saturated carbocycles. The summed E-state index contributed by atoms with van der Waals surface area (Å²) in [5.74, 6) is -0.888. The molecule has 1 unspecified atom stereocenters. The van der Waals surface area contributed by atoms with Gasteiger partial charge < -0.3 is 15.4 Å². The van der Waals surface area contributed by atoms with E-state index in [0.29, 0.717) is 13.2 Å². The number of ether oxygens (including phenoxy) is 1. The second kappa shape index (κ2) is 6.47. The second-order valence-electron chi connectivity index (χ2n) is 4.38. The first-order valence-electron chi connectivity index (χ1n) is 5.71. The average Bonchev–Trinajstić information content (AvgIpc) is 2.31. The van der Waals surface area contributed by atoms with Gasteiger partial charge in [-0.3, -0.25) is 4.79 Å². The van der Waals surface area contributed by atoms with E-state index >= 15 is 0 Å². The molecule has 0 fully saturated rings.